The molecule has 0 bridgehead atoms. The Morgan fingerprint density at radius 3 is 1.29 bits per heavy atom. The van der Waals surface area contributed by atoms with Gasteiger partial charge >= 0.3 is 333 Å². The van der Waals surface area contributed by atoms with Crippen molar-refractivity contribution in [3.63, 3.8) is 0 Å². The van der Waals surface area contributed by atoms with Gasteiger partial charge in [-0.05, 0) is 0 Å². The number of hydrogen-bond acceptors (Lipinski definition) is 0. The molecular weight excluding hydrogens is 815 g/mol. The molecule has 8 rings (SSSR count). The Bertz CT molecular complexity index is 1950. The van der Waals surface area contributed by atoms with Crippen LogP contribution in [0, 0.1) is 11.8 Å². The standard InChI is InChI=1S/2C24H27.C3H7.CH3.2ClH.H2Si.Zr/c2*1-2-6-18-11-13-21(14-12-18)23-10-5-9-22-16-20(17-24(22)23)15-19-7-3-4-8-19;1-3-2;;;;;/h2*5,9-14,16-17,19H,2-4,6-8,15H2,1H3;1,3H2,2H3;1H3;2*1H;1H2;. The van der Waals surface area contributed by atoms with Crippen LogP contribution >= 0.6 is 24.8 Å². The van der Waals surface area contributed by atoms with E-state index in [0.717, 1.165) is 24.7 Å². The minimum atomic E-state index is -3.89. The van der Waals surface area contributed by atoms with E-state index in [1.807, 2.05) is 11.1 Å². The summed E-state index contributed by atoms with van der Waals surface area (Å²) in [6.45, 7) is 9.73. The van der Waals surface area contributed by atoms with Gasteiger partial charge in [0, 0.05) is 0 Å². The molecule has 0 N–H and O–H groups in total. The van der Waals surface area contributed by atoms with Crippen LogP contribution in [-0.2, 0) is 30.2 Å². The van der Waals surface area contributed by atoms with Crippen molar-refractivity contribution in [3.05, 3.63) is 129 Å². The molecule has 0 heterocycles. The van der Waals surface area contributed by atoms with Crippen LogP contribution in [0.4, 0.5) is 0 Å². The third-order valence-corrected chi connectivity index (χ3v) is 38.1. The molecule has 2 fully saturated rings. The molecule has 0 saturated heterocycles. The minimum Gasteiger partial charge on any atom is -0.147 e. The predicted octanol–water partition coefficient (Wildman–Crippen LogP) is 15.6. The first kappa shape index (κ1) is 43.6. The molecule has 4 aliphatic carbocycles. The van der Waals surface area contributed by atoms with Gasteiger partial charge in [-0.2, -0.15) is 0 Å². The second kappa shape index (κ2) is 18.5. The van der Waals surface area contributed by atoms with Gasteiger partial charge in [0.05, 0.1) is 0 Å². The van der Waals surface area contributed by atoms with Crippen molar-refractivity contribution in [2.45, 2.75) is 133 Å². The number of benzene rings is 4. The molecule has 298 valence electrons. The number of aryl methyl sites for hydroxylation is 2. The number of hydrogen-bond donors (Lipinski definition) is 0. The van der Waals surface area contributed by atoms with Gasteiger partial charge in [0.25, 0.3) is 0 Å². The number of halogens is 2. The van der Waals surface area contributed by atoms with Gasteiger partial charge in [0.15, 0.2) is 0 Å². The van der Waals surface area contributed by atoms with E-state index in [4.69, 9.17) is 0 Å². The van der Waals surface area contributed by atoms with Gasteiger partial charge in [-0.15, -0.1) is 24.8 Å². The van der Waals surface area contributed by atoms with Crippen molar-refractivity contribution >= 4 is 43.8 Å². The molecule has 0 radical (unpaired) electrons. The van der Waals surface area contributed by atoms with Crippen LogP contribution in [0.5, 0.6) is 0 Å². The van der Waals surface area contributed by atoms with Crippen molar-refractivity contribution in [1.29, 1.82) is 0 Å². The SMILES string of the molecule is CCCc1ccc(-c2cccc3c2C=C(CC2CCCC2)[CH]3[Zr]([CH3])(=[SiH2])([CH2]CC)[CH]2C(CC3CCCC3)=Cc3c(-c4ccc(CCC)cc4)cccc32)cc1.Cl.Cl. The minimum absolute atomic E-state index is 0. The topological polar surface area (TPSA) is 0 Å². The molecule has 4 aromatic carbocycles. The van der Waals surface area contributed by atoms with Gasteiger partial charge < -0.3 is 0 Å². The van der Waals surface area contributed by atoms with E-state index in [9.17, 15) is 0 Å². The summed E-state index contributed by atoms with van der Waals surface area (Å²) >= 11 is -3.89. The zero-order chi connectivity index (χ0) is 37.3. The van der Waals surface area contributed by atoms with Crippen LogP contribution < -0.4 is 0 Å². The molecule has 0 spiro atoms. The summed E-state index contributed by atoms with van der Waals surface area (Å²) in [6, 6.07) is 34.2. The second-order valence-electron chi connectivity index (χ2n) is 18.8. The summed E-state index contributed by atoms with van der Waals surface area (Å²) in [6.07, 6.45) is 25.5. The Balaban J connectivity index is 0.00000266. The third kappa shape index (κ3) is 8.40. The first-order valence-electron chi connectivity index (χ1n) is 22.2. The molecule has 2 saturated carbocycles. The summed E-state index contributed by atoms with van der Waals surface area (Å²) in [7, 11) is 0. The Labute approximate surface area is 355 Å². The molecule has 0 aliphatic heterocycles. The molecule has 4 aliphatic rings. The fraction of sp³-hybridized carbons (Fsp3) is 0.462. The monoisotopic (exact) mass is 880 g/mol. The maximum absolute atomic E-state index is 3.89. The van der Waals surface area contributed by atoms with Crippen LogP contribution in [0.25, 0.3) is 34.4 Å². The predicted molar refractivity (Wildman–Crippen MR) is 250 cm³/mol. The van der Waals surface area contributed by atoms with Crippen molar-refractivity contribution < 1.29 is 17.4 Å². The van der Waals surface area contributed by atoms with Crippen molar-refractivity contribution in [2.75, 3.05) is 0 Å². The molecule has 56 heavy (non-hydrogen) atoms. The van der Waals surface area contributed by atoms with E-state index in [2.05, 4.69) is 129 Å². The first-order chi connectivity index (χ1) is 26.3. The summed E-state index contributed by atoms with van der Waals surface area (Å²) in [5, 5.41) is 0. The number of rotatable bonds is 14. The Kier molecular flexibility index (Phi) is 14.4. The molecule has 2 atom stereocenters. The molecule has 0 nitrogen and oxygen atoms in total. The van der Waals surface area contributed by atoms with E-state index in [0.29, 0.717) is 7.25 Å². The van der Waals surface area contributed by atoms with Gasteiger partial charge in [-0.1, -0.05) is 0 Å². The van der Waals surface area contributed by atoms with Crippen molar-refractivity contribution in [3.8, 4) is 22.3 Å². The fourth-order valence-corrected chi connectivity index (χ4v) is 38.2. The molecule has 0 amide bonds. The normalized spacial score (nSPS) is 19.6. The van der Waals surface area contributed by atoms with E-state index < -0.39 is 17.4 Å². The van der Waals surface area contributed by atoms with E-state index >= 15 is 0 Å². The summed E-state index contributed by atoms with van der Waals surface area (Å²) in [5.74, 6) is 1.70. The average Bonchev–Trinajstić information content (AvgIpc) is 4.00. The third-order valence-electron chi connectivity index (χ3n) is 14.6. The molecule has 4 aromatic rings. The summed E-state index contributed by atoms with van der Waals surface area (Å²) in [5.41, 5.74) is 18.8. The largest absolute Gasteiger partial charge is 0.147 e. The van der Waals surface area contributed by atoms with Gasteiger partial charge in [0.1, 0.15) is 0 Å². The summed E-state index contributed by atoms with van der Waals surface area (Å²) < 4.78 is 5.59. The zero-order valence-corrected chi connectivity index (χ0v) is 40.4. The van der Waals surface area contributed by atoms with E-state index in [1.165, 1.54) is 121 Å². The number of fused-ring (bicyclic) bond motifs is 2. The van der Waals surface area contributed by atoms with Crippen LogP contribution in [0.2, 0.25) is 8.76 Å². The zero-order valence-electron chi connectivity index (χ0n) is 34.9. The molecule has 4 heteroatoms. The number of allylic oxidation sites excluding steroid dienone is 2. The molecule has 0 aromatic heterocycles. The molecular formula is C52H68Cl2SiZr. The summed E-state index contributed by atoms with van der Waals surface area (Å²) in [4.78, 5) is 0. The first-order valence-corrected chi connectivity index (χ1v) is 35.2. The van der Waals surface area contributed by atoms with Gasteiger partial charge in [0.2, 0.25) is 0 Å². The smallest absolute Gasteiger partial charge is 0.147 e. The van der Waals surface area contributed by atoms with Crippen LogP contribution in [-0.4, -0.2) is 6.88 Å². The van der Waals surface area contributed by atoms with Crippen LogP contribution in [0.15, 0.2) is 96.1 Å². The fourth-order valence-electron chi connectivity index (χ4n) is 12.4. The van der Waals surface area contributed by atoms with Crippen molar-refractivity contribution in [2.24, 2.45) is 11.8 Å². The Morgan fingerprint density at radius 2 is 0.929 bits per heavy atom. The maximum Gasteiger partial charge on any atom is -0.147 e. The van der Waals surface area contributed by atoms with E-state index in [-0.39, 0.29) is 24.8 Å². The van der Waals surface area contributed by atoms with E-state index in [1.54, 1.807) is 22.3 Å². The van der Waals surface area contributed by atoms with Gasteiger partial charge in [-0.3, -0.25) is 0 Å². The second-order valence-corrected chi connectivity index (χ2v) is 47.2. The Hall–Kier alpha value is -1.96. The van der Waals surface area contributed by atoms with Gasteiger partial charge in [-0.25, -0.2) is 0 Å². The Morgan fingerprint density at radius 1 is 0.536 bits per heavy atom. The quantitative estimate of drug-likeness (QED) is 0.111. The maximum atomic E-state index is 2.98. The molecule has 2 unspecified atom stereocenters. The average molecular weight is 883 g/mol. The van der Waals surface area contributed by atoms with Crippen LogP contribution in [0.1, 0.15) is 145 Å². The van der Waals surface area contributed by atoms with Crippen LogP contribution in [0.3, 0.4) is 0 Å². The van der Waals surface area contributed by atoms with Crippen molar-refractivity contribution in [1.82, 2.24) is 0 Å².